The van der Waals surface area contributed by atoms with Gasteiger partial charge in [-0.1, -0.05) is 50.2 Å². The highest BCUT2D eigenvalue weighted by atomic mass is 16.5. The van der Waals surface area contributed by atoms with Crippen LogP contribution in [0, 0.1) is 5.92 Å². The fourth-order valence-corrected chi connectivity index (χ4v) is 2.80. The van der Waals surface area contributed by atoms with Crippen LogP contribution in [-0.2, 0) is 9.47 Å². The van der Waals surface area contributed by atoms with Gasteiger partial charge in [-0.05, 0) is 56.4 Å². The lowest BCUT2D eigenvalue weighted by Gasteiger charge is -2.22. The average molecular weight is 368 g/mol. The van der Waals surface area contributed by atoms with Crippen molar-refractivity contribution in [3.63, 3.8) is 0 Å². The molecular formula is C23H28O4. The van der Waals surface area contributed by atoms with Crippen molar-refractivity contribution in [2.24, 2.45) is 5.92 Å². The number of hydrogen-bond acceptors (Lipinski definition) is 4. The maximum atomic E-state index is 12.3. The van der Waals surface area contributed by atoms with Gasteiger partial charge in [0, 0.05) is 0 Å². The molecule has 144 valence electrons. The highest BCUT2D eigenvalue weighted by Crippen LogP contribution is 2.18. The number of esters is 2. The quantitative estimate of drug-likeness (QED) is 0.565. The zero-order chi connectivity index (χ0) is 19.6. The Morgan fingerprint density at radius 1 is 0.741 bits per heavy atom. The van der Waals surface area contributed by atoms with Gasteiger partial charge in [0.25, 0.3) is 0 Å². The fourth-order valence-electron chi connectivity index (χ4n) is 2.80. The Labute approximate surface area is 161 Å². The molecule has 0 N–H and O–H groups in total. The molecule has 2 aromatic carbocycles. The molecule has 0 heterocycles. The van der Waals surface area contributed by atoms with Crippen LogP contribution in [0.5, 0.6) is 0 Å². The summed E-state index contributed by atoms with van der Waals surface area (Å²) in [7, 11) is 0. The molecule has 0 bridgehead atoms. The summed E-state index contributed by atoms with van der Waals surface area (Å²) < 4.78 is 11.2. The highest BCUT2D eigenvalue weighted by molar-refractivity contribution is 5.89. The summed E-state index contributed by atoms with van der Waals surface area (Å²) in [5, 5.41) is 0. The van der Waals surface area contributed by atoms with Crippen LogP contribution in [-0.4, -0.2) is 24.1 Å². The molecular weight excluding hydrogens is 340 g/mol. The molecule has 27 heavy (non-hydrogen) atoms. The van der Waals surface area contributed by atoms with Gasteiger partial charge in [-0.15, -0.1) is 0 Å². The molecule has 2 aromatic rings. The molecule has 2 rings (SSSR count). The van der Waals surface area contributed by atoms with Crippen LogP contribution in [0.3, 0.4) is 0 Å². The van der Waals surface area contributed by atoms with Gasteiger partial charge in [0.15, 0.2) is 0 Å². The predicted octanol–water partition coefficient (Wildman–Crippen LogP) is 5.28. The second-order valence-corrected chi connectivity index (χ2v) is 7.07. The van der Waals surface area contributed by atoms with Crippen LogP contribution >= 0.6 is 0 Å². The molecule has 4 nitrogen and oxygen atoms in total. The molecule has 0 spiro atoms. The zero-order valence-electron chi connectivity index (χ0n) is 16.3. The number of carbonyl (C=O) groups is 2. The van der Waals surface area contributed by atoms with E-state index in [4.69, 9.17) is 9.47 Å². The summed E-state index contributed by atoms with van der Waals surface area (Å²) in [6.07, 6.45) is 1.94. The van der Waals surface area contributed by atoms with Crippen molar-refractivity contribution in [2.75, 3.05) is 0 Å². The molecule has 0 aliphatic carbocycles. The van der Waals surface area contributed by atoms with E-state index in [-0.39, 0.29) is 30.1 Å². The van der Waals surface area contributed by atoms with Crippen molar-refractivity contribution < 1.29 is 19.1 Å². The summed E-state index contributed by atoms with van der Waals surface area (Å²) in [5.74, 6) is -0.378. The Kier molecular flexibility index (Phi) is 8.05. The lowest BCUT2D eigenvalue weighted by Crippen LogP contribution is -2.24. The minimum Gasteiger partial charge on any atom is -0.459 e. The second kappa shape index (κ2) is 10.5. The monoisotopic (exact) mass is 368 g/mol. The van der Waals surface area contributed by atoms with E-state index in [1.807, 2.05) is 57.2 Å². The fraction of sp³-hybridized carbons (Fsp3) is 0.391. The maximum absolute atomic E-state index is 12.3. The number of benzene rings is 2. The first-order chi connectivity index (χ1) is 13.0. The van der Waals surface area contributed by atoms with Crippen LogP contribution in [0.2, 0.25) is 0 Å². The summed E-state index contributed by atoms with van der Waals surface area (Å²) in [6, 6.07) is 18.0. The van der Waals surface area contributed by atoms with Gasteiger partial charge in [0.2, 0.25) is 0 Å². The minimum absolute atomic E-state index is 0.158. The average Bonchev–Trinajstić information content (AvgIpc) is 2.68. The molecule has 0 fully saturated rings. The van der Waals surface area contributed by atoms with E-state index in [0.717, 1.165) is 19.3 Å². The van der Waals surface area contributed by atoms with Crippen LogP contribution in [0.4, 0.5) is 0 Å². The summed E-state index contributed by atoms with van der Waals surface area (Å²) >= 11 is 0. The lowest BCUT2D eigenvalue weighted by atomic mass is 10.00. The number of rotatable bonds is 9. The van der Waals surface area contributed by atoms with Crippen molar-refractivity contribution >= 4 is 11.9 Å². The Balaban J connectivity index is 1.78. The van der Waals surface area contributed by atoms with Gasteiger partial charge in [0.05, 0.1) is 17.2 Å². The van der Waals surface area contributed by atoms with E-state index in [2.05, 4.69) is 0 Å². The lowest BCUT2D eigenvalue weighted by molar-refractivity contribution is 0.0128. The van der Waals surface area contributed by atoms with Crippen LogP contribution in [0.15, 0.2) is 60.7 Å². The summed E-state index contributed by atoms with van der Waals surface area (Å²) in [6.45, 7) is 5.98. The second-order valence-electron chi connectivity index (χ2n) is 7.07. The van der Waals surface area contributed by atoms with E-state index < -0.39 is 0 Å². The van der Waals surface area contributed by atoms with E-state index in [1.54, 1.807) is 24.3 Å². The minimum atomic E-state index is -0.306. The first-order valence-electron chi connectivity index (χ1n) is 9.49. The molecule has 0 amide bonds. The van der Waals surface area contributed by atoms with Gasteiger partial charge in [-0.3, -0.25) is 0 Å². The largest absolute Gasteiger partial charge is 0.459 e. The number of carbonyl (C=O) groups excluding carboxylic acids is 2. The van der Waals surface area contributed by atoms with Crippen molar-refractivity contribution in [1.82, 2.24) is 0 Å². The Morgan fingerprint density at radius 2 is 1.22 bits per heavy atom. The van der Waals surface area contributed by atoms with Crippen LogP contribution in [0.25, 0.3) is 0 Å². The van der Waals surface area contributed by atoms with Crippen LogP contribution < -0.4 is 0 Å². The van der Waals surface area contributed by atoms with Gasteiger partial charge in [0.1, 0.15) is 6.10 Å². The van der Waals surface area contributed by atoms with Crippen molar-refractivity contribution in [2.45, 2.75) is 52.2 Å². The number of hydrogen-bond donors (Lipinski definition) is 0. The Hall–Kier alpha value is -2.62. The first kappa shape index (κ1) is 20.7. The third-order valence-corrected chi connectivity index (χ3v) is 4.43. The number of ether oxygens (including phenoxy) is 2. The molecule has 0 aromatic heterocycles. The Bertz CT molecular complexity index is 710. The zero-order valence-corrected chi connectivity index (χ0v) is 16.3. The highest BCUT2D eigenvalue weighted by Gasteiger charge is 2.20. The van der Waals surface area contributed by atoms with Crippen molar-refractivity contribution in [3.8, 4) is 0 Å². The SMILES string of the molecule is CC(CCCC(OC(=O)c1ccccc1)C(C)C)OC(=O)c1ccccc1. The maximum Gasteiger partial charge on any atom is 0.338 e. The topological polar surface area (TPSA) is 52.6 Å². The van der Waals surface area contributed by atoms with Crippen molar-refractivity contribution in [3.05, 3.63) is 71.8 Å². The standard InChI is InChI=1S/C23H28O4/c1-17(2)21(27-23(25)20-14-8-5-9-15-20)16-10-11-18(3)26-22(24)19-12-6-4-7-13-19/h4-9,12-15,17-18,21H,10-11,16H2,1-3H3. The van der Waals surface area contributed by atoms with Crippen LogP contribution in [0.1, 0.15) is 60.7 Å². The van der Waals surface area contributed by atoms with E-state index in [0.29, 0.717) is 11.1 Å². The Morgan fingerprint density at radius 3 is 1.70 bits per heavy atom. The molecule has 2 atom stereocenters. The molecule has 0 aliphatic rings. The van der Waals surface area contributed by atoms with E-state index >= 15 is 0 Å². The smallest absolute Gasteiger partial charge is 0.338 e. The molecule has 2 unspecified atom stereocenters. The third kappa shape index (κ3) is 6.89. The normalized spacial score (nSPS) is 13.0. The van der Waals surface area contributed by atoms with Gasteiger partial charge < -0.3 is 9.47 Å². The van der Waals surface area contributed by atoms with Gasteiger partial charge in [-0.25, -0.2) is 9.59 Å². The van der Waals surface area contributed by atoms with Gasteiger partial charge in [-0.2, -0.15) is 0 Å². The van der Waals surface area contributed by atoms with Crippen molar-refractivity contribution in [1.29, 1.82) is 0 Å². The summed E-state index contributed by atoms with van der Waals surface area (Å²) in [4.78, 5) is 24.3. The molecule has 0 radical (unpaired) electrons. The van der Waals surface area contributed by atoms with E-state index in [9.17, 15) is 9.59 Å². The predicted molar refractivity (Wildman–Crippen MR) is 106 cm³/mol. The third-order valence-electron chi connectivity index (χ3n) is 4.43. The van der Waals surface area contributed by atoms with Gasteiger partial charge >= 0.3 is 11.9 Å². The summed E-state index contributed by atoms with van der Waals surface area (Å²) in [5.41, 5.74) is 1.12. The first-order valence-corrected chi connectivity index (χ1v) is 9.49. The van der Waals surface area contributed by atoms with E-state index in [1.165, 1.54) is 0 Å². The molecule has 0 aliphatic heterocycles. The molecule has 0 saturated heterocycles. The molecule has 4 heteroatoms. The molecule has 0 saturated carbocycles.